The van der Waals surface area contributed by atoms with E-state index in [4.69, 9.17) is 9.90 Å². The minimum Gasteiger partial charge on any atom is -0.475 e. The molecule has 0 atom stereocenters. The highest BCUT2D eigenvalue weighted by Gasteiger charge is 2.38. The van der Waals surface area contributed by atoms with Crippen molar-refractivity contribution in [3.05, 3.63) is 54.9 Å². The zero-order valence-electron chi connectivity index (χ0n) is 17.8. The van der Waals surface area contributed by atoms with E-state index in [9.17, 15) is 18.0 Å². The molecule has 0 aromatic carbocycles. The summed E-state index contributed by atoms with van der Waals surface area (Å²) in [7, 11) is 1.85. The standard InChI is InChI=1S/C19H21N5O.C2HF3O2/c1-19(2,3)23-18(25)16-8-14(12-24(16)4)15-10-21-17(22-11-15)13-6-5-7-20-9-13;3-2(4,5)1(6)7/h5-12H,1-4H3,(H,23,25);(H,6,7). The highest BCUT2D eigenvalue weighted by molar-refractivity contribution is 5.94. The average molecular weight is 449 g/mol. The summed E-state index contributed by atoms with van der Waals surface area (Å²) in [5.41, 5.74) is 2.95. The summed E-state index contributed by atoms with van der Waals surface area (Å²) in [5, 5.41) is 10.1. The van der Waals surface area contributed by atoms with Crippen LogP contribution >= 0.6 is 0 Å². The minimum atomic E-state index is -5.08. The molecule has 3 aromatic heterocycles. The molecule has 3 rings (SSSR count). The van der Waals surface area contributed by atoms with Crippen LogP contribution in [0.4, 0.5) is 13.2 Å². The van der Waals surface area contributed by atoms with Crippen molar-refractivity contribution < 1.29 is 27.9 Å². The lowest BCUT2D eigenvalue weighted by atomic mass is 10.1. The molecule has 0 aliphatic rings. The Morgan fingerprint density at radius 1 is 1.03 bits per heavy atom. The monoisotopic (exact) mass is 449 g/mol. The number of carboxylic acids is 1. The predicted molar refractivity (Wildman–Crippen MR) is 111 cm³/mol. The largest absolute Gasteiger partial charge is 0.490 e. The van der Waals surface area contributed by atoms with Gasteiger partial charge in [0.2, 0.25) is 0 Å². The summed E-state index contributed by atoms with van der Waals surface area (Å²) in [6, 6.07) is 5.62. The smallest absolute Gasteiger partial charge is 0.475 e. The molecule has 0 aliphatic heterocycles. The van der Waals surface area contributed by atoms with Crippen LogP contribution in [-0.2, 0) is 11.8 Å². The van der Waals surface area contributed by atoms with E-state index in [0.717, 1.165) is 16.7 Å². The van der Waals surface area contributed by atoms with Crippen molar-refractivity contribution >= 4 is 11.9 Å². The van der Waals surface area contributed by atoms with Crippen molar-refractivity contribution in [2.24, 2.45) is 7.05 Å². The SMILES string of the molecule is Cn1cc(-c2cnc(-c3cccnc3)nc2)cc1C(=O)NC(C)(C)C.O=C(O)C(F)(F)F. The first-order valence-corrected chi connectivity index (χ1v) is 9.30. The average Bonchev–Trinajstić information content (AvgIpc) is 3.09. The number of nitrogens with one attached hydrogen (secondary N) is 1. The number of alkyl halides is 3. The van der Waals surface area contributed by atoms with Crippen molar-refractivity contribution in [2.45, 2.75) is 32.5 Å². The van der Waals surface area contributed by atoms with Gasteiger partial charge in [0.15, 0.2) is 5.82 Å². The van der Waals surface area contributed by atoms with E-state index < -0.39 is 12.1 Å². The highest BCUT2D eigenvalue weighted by Crippen LogP contribution is 2.22. The van der Waals surface area contributed by atoms with Gasteiger partial charge in [0, 0.05) is 60.3 Å². The van der Waals surface area contributed by atoms with E-state index in [1.807, 2.05) is 56.8 Å². The third-order valence-corrected chi connectivity index (χ3v) is 3.87. The number of rotatable bonds is 3. The number of pyridine rings is 1. The van der Waals surface area contributed by atoms with Gasteiger partial charge in [0.25, 0.3) is 5.91 Å². The molecule has 0 aliphatic carbocycles. The number of hydrogen-bond acceptors (Lipinski definition) is 5. The molecule has 0 fully saturated rings. The molecule has 0 spiro atoms. The molecule has 0 saturated heterocycles. The molecule has 0 radical (unpaired) electrons. The summed E-state index contributed by atoms with van der Waals surface area (Å²) in [4.78, 5) is 34.2. The highest BCUT2D eigenvalue weighted by atomic mass is 19.4. The number of carbonyl (C=O) groups is 2. The first-order valence-electron chi connectivity index (χ1n) is 9.30. The molecular formula is C21H22F3N5O3. The fourth-order valence-corrected chi connectivity index (χ4v) is 2.47. The van der Waals surface area contributed by atoms with Crippen molar-refractivity contribution in [3.8, 4) is 22.5 Å². The number of aryl methyl sites for hydroxylation is 1. The summed E-state index contributed by atoms with van der Waals surface area (Å²) >= 11 is 0. The Hall–Kier alpha value is -3.76. The van der Waals surface area contributed by atoms with E-state index in [-0.39, 0.29) is 11.4 Å². The number of halogens is 3. The minimum absolute atomic E-state index is 0.103. The van der Waals surface area contributed by atoms with Crippen LogP contribution in [0.5, 0.6) is 0 Å². The maximum Gasteiger partial charge on any atom is 0.490 e. The molecule has 1 amide bonds. The molecule has 32 heavy (non-hydrogen) atoms. The van der Waals surface area contributed by atoms with Crippen LogP contribution in [0.3, 0.4) is 0 Å². The Balaban J connectivity index is 0.000000451. The van der Waals surface area contributed by atoms with Gasteiger partial charge >= 0.3 is 12.1 Å². The Bertz CT molecular complexity index is 1070. The molecule has 0 unspecified atom stereocenters. The van der Waals surface area contributed by atoms with E-state index >= 15 is 0 Å². The van der Waals surface area contributed by atoms with Gasteiger partial charge in [-0.05, 0) is 39.0 Å². The first-order chi connectivity index (χ1) is 14.8. The summed E-state index contributed by atoms with van der Waals surface area (Å²) in [6.07, 6.45) is 3.78. The lowest BCUT2D eigenvalue weighted by Gasteiger charge is -2.20. The lowest BCUT2D eigenvalue weighted by Crippen LogP contribution is -2.41. The van der Waals surface area contributed by atoms with Crippen molar-refractivity contribution in [3.63, 3.8) is 0 Å². The number of nitrogens with zero attached hydrogens (tertiary/aromatic N) is 4. The topological polar surface area (TPSA) is 110 Å². The molecule has 3 heterocycles. The molecule has 3 aromatic rings. The van der Waals surface area contributed by atoms with Crippen LogP contribution in [0.1, 0.15) is 31.3 Å². The molecule has 8 nitrogen and oxygen atoms in total. The second-order valence-electron chi connectivity index (χ2n) is 7.77. The molecule has 11 heteroatoms. The Labute approximate surface area is 182 Å². The van der Waals surface area contributed by atoms with Crippen molar-refractivity contribution in [1.29, 1.82) is 0 Å². The summed E-state index contributed by atoms with van der Waals surface area (Å²) in [6.45, 7) is 5.87. The van der Waals surface area contributed by atoms with Crippen LogP contribution in [-0.4, -0.2) is 48.2 Å². The van der Waals surface area contributed by atoms with Gasteiger partial charge in [-0.3, -0.25) is 9.78 Å². The quantitative estimate of drug-likeness (QED) is 0.631. The first kappa shape index (κ1) is 24.5. The van der Waals surface area contributed by atoms with Crippen LogP contribution in [0.15, 0.2) is 49.2 Å². The van der Waals surface area contributed by atoms with Gasteiger partial charge in [-0.15, -0.1) is 0 Å². The maximum absolute atomic E-state index is 12.4. The number of amides is 1. The number of hydrogen-bond donors (Lipinski definition) is 2. The molecule has 2 N–H and O–H groups in total. The van der Waals surface area contributed by atoms with Gasteiger partial charge < -0.3 is 15.0 Å². The van der Waals surface area contributed by atoms with E-state index in [0.29, 0.717) is 11.5 Å². The summed E-state index contributed by atoms with van der Waals surface area (Å²) in [5.74, 6) is -2.24. The third-order valence-electron chi connectivity index (χ3n) is 3.87. The van der Waals surface area contributed by atoms with Gasteiger partial charge in [0.1, 0.15) is 5.69 Å². The third kappa shape index (κ3) is 6.89. The molecule has 0 bridgehead atoms. The fourth-order valence-electron chi connectivity index (χ4n) is 2.47. The fraction of sp³-hybridized carbons (Fsp3) is 0.286. The zero-order chi connectivity index (χ0) is 24.1. The van der Waals surface area contributed by atoms with E-state index in [1.54, 1.807) is 24.8 Å². The van der Waals surface area contributed by atoms with Gasteiger partial charge in [0.05, 0.1) is 0 Å². The second-order valence-corrected chi connectivity index (χ2v) is 7.77. The van der Waals surface area contributed by atoms with Gasteiger partial charge in [-0.1, -0.05) is 0 Å². The molecular weight excluding hydrogens is 427 g/mol. The van der Waals surface area contributed by atoms with Crippen LogP contribution in [0.25, 0.3) is 22.5 Å². The molecule has 0 saturated carbocycles. The number of aromatic nitrogens is 4. The van der Waals surface area contributed by atoms with Crippen LogP contribution in [0.2, 0.25) is 0 Å². The van der Waals surface area contributed by atoms with E-state index in [1.165, 1.54) is 0 Å². The number of carbonyl (C=O) groups excluding carboxylic acids is 1. The summed E-state index contributed by atoms with van der Waals surface area (Å²) < 4.78 is 33.5. The lowest BCUT2D eigenvalue weighted by molar-refractivity contribution is -0.192. The predicted octanol–water partition coefficient (Wildman–Crippen LogP) is 3.71. The second kappa shape index (κ2) is 9.58. The Kier molecular flexibility index (Phi) is 7.34. The normalized spacial score (nSPS) is 11.3. The van der Waals surface area contributed by atoms with Crippen LogP contribution in [0, 0.1) is 0 Å². The zero-order valence-corrected chi connectivity index (χ0v) is 17.8. The van der Waals surface area contributed by atoms with E-state index in [2.05, 4.69) is 20.3 Å². The Morgan fingerprint density at radius 3 is 2.09 bits per heavy atom. The van der Waals surface area contributed by atoms with Gasteiger partial charge in [-0.2, -0.15) is 13.2 Å². The number of carboxylic acid groups (broad SMARTS) is 1. The molecule has 170 valence electrons. The maximum atomic E-state index is 12.4. The van der Waals surface area contributed by atoms with Crippen molar-refractivity contribution in [1.82, 2.24) is 24.8 Å². The Morgan fingerprint density at radius 2 is 1.62 bits per heavy atom. The number of aliphatic carboxylic acids is 1. The van der Waals surface area contributed by atoms with Crippen LogP contribution < -0.4 is 5.32 Å². The van der Waals surface area contributed by atoms with Gasteiger partial charge in [-0.25, -0.2) is 14.8 Å². The van der Waals surface area contributed by atoms with Crippen molar-refractivity contribution in [2.75, 3.05) is 0 Å².